The first kappa shape index (κ1) is 15.5. The van der Waals surface area contributed by atoms with Crippen molar-refractivity contribution in [3.05, 3.63) is 75.6 Å². The summed E-state index contributed by atoms with van der Waals surface area (Å²) in [6, 6.07) is 16.5. The molecule has 124 valence electrons. The lowest BCUT2D eigenvalue weighted by molar-refractivity contribution is 0.0781. The lowest BCUT2D eigenvalue weighted by Crippen LogP contribution is -2.30. The molecule has 4 rings (SSSR count). The van der Waals surface area contributed by atoms with E-state index in [4.69, 9.17) is 4.42 Å². The third kappa shape index (κ3) is 2.92. The Bertz CT molecular complexity index is 1110. The number of aromatic nitrogens is 1. The number of amides is 1. The molecule has 0 saturated carbocycles. The summed E-state index contributed by atoms with van der Waals surface area (Å²) in [6.45, 7) is 0.338. The van der Waals surface area contributed by atoms with Crippen LogP contribution in [-0.4, -0.2) is 22.8 Å². The van der Waals surface area contributed by atoms with E-state index < -0.39 is 5.63 Å². The summed E-state index contributed by atoms with van der Waals surface area (Å²) in [5, 5.41) is 1.54. The van der Waals surface area contributed by atoms with Gasteiger partial charge in [0.05, 0.1) is 16.8 Å². The van der Waals surface area contributed by atoms with E-state index in [2.05, 4.69) is 4.98 Å². The van der Waals surface area contributed by atoms with Crippen molar-refractivity contribution >= 4 is 38.4 Å². The molecular weight excluding hydrogens is 336 g/mol. The van der Waals surface area contributed by atoms with E-state index in [0.29, 0.717) is 12.1 Å². The fraction of sp³-hybridized carbons (Fsp3) is 0.105. The third-order valence-electron chi connectivity index (χ3n) is 3.93. The number of hydrogen-bond acceptors (Lipinski definition) is 5. The molecule has 0 bridgehead atoms. The summed E-state index contributed by atoms with van der Waals surface area (Å²) >= 11 is 1.54. The summed E-state index contributed by atoms with van der Waals surface area (Å²) in [6.07, 6.45) is 0. The Hall–Kier alpha value is -2.99. The number of rotatable bonds is 3. The second-order valence-corrected chi connectivity index (χ2v) is 6.84. The zero-order chi connectivity index (χ0) is 17.4. The van der Waals surface area contributed by atoms with E-state index in [9.17, 15) is 9.59 Å². The second-order valence-electron chi connectivity index (χ2n) is 5.72. The first-order valence-electron chi connectivity index (χ1n) is 7.74. The Morgan fingerprint density at radius 1 is 1.16 bits per heavy atom. The van der Waals surface area contributed by atoms with Crippen molar-refractivity contribution in [3.63, 3.8) is 0 Å². The predicted octanol–water partition coefficient (Wildman–Crippen LogP) is 3.67. The van der Waals surface area contributed by atoms with Gasteiger partial charge < -0.3 is 9.32 Å². The van der Waals surface area contributed by atoms with Crippen molar-refractivity contribution < 1.29 is 9.21 Å². The van der Waals surface area contributed by atoms with E-state index in [1.165, 1.54) is 16.2 Å². The molecule has 0 unspecified atom stereocenters. The van der Waals surface area contributed by atoms with Gasteiger partial charge in [-0.05, 0) is 24.3 Å². The summed E-state index contributed by atoms with van der Waals surface area (Å²) < 4.78 is 6.32. The van der Waals surface area contributed by atoms with Crippen molar-refractivity contribution in [1.29, 1.82) is 0 Å². The van der Waals surface area contributed by atoms with Gasteiger partial charge in [0.25, 0.3) is 5.91 Å². The van der Waals surface area contributed by atoms with Crippen molar-refractivity contribution in [2.75, 3.05) is 7.05 Å². The van der Waals surface area contributed by atoms with E-state index in [1.807, 2.05) is 36.4 Å². The van der Waals surface area contributed by atoms with E-state index in [-0.39, 0.29) is 11.5 Å². The lowest BCUT2D eigenvalue weighted by atomic mass is 10.1. The predicted molar refractivity (Wildman–Crippen MR) is 97.9 cm³/mol. The van der Waals surface area contributed by atoms with Gasteiger partial charge in [-0.15, -0.1) is 11.3 Å². The Labute approximate surface area is 147 Å². The number of carbonyl (C=O) groups excluding carboxylic acids is 1. The molecule has 25 heavy (non-hydrogen) atoms. The highest BCUT2D eigenvalue weighted by molar-refractivity contribution is 7.18. The number of hydrogen-bond donors (Lipinski definition) is 0. The Morgan fingerprint density at radius 2 is 1.92 bits per heavy atom. The van der Waals surface area contributed by atoms with E-state index in [1.54, 1.807) is 25.2 Å². The molecule has 6 heteroatoms. The first-order valence-corrected chi connectivity index (χ1v) is 8.56. The maximum absolute atomic E-state index is 12.7. The van der Waals surface area contributed by atoms with Crippen molar-refractivity contribution in [1.82, 2.24) is 9.88 Å². The third-order valence-corrected chi connectivity index (χ3v) is 4.95. The molecule has 0 N–H and O–H groups in total. The molecule has 2 aromatic carbocycles. The van der Waals surface area contributed by atoms with Gasteiger partial charge >= 0.3 is 5.63 Å². The highest BCUT2D eigenvalue weighted by atomic mass is 32.1. The van der Waals surface area contributed by atoms with Crippen LogP contribution in [0.5, 0.6) is 0 Å². The highest BCUT2D eigenvalue weighted by Crippen LogP contribution is 2.23. The molecule has 2 heterocycles. The number of benzene rings is 2. The van der Waals surface area contributed by atoms with Crippen molar-refractivity contribution in [2.24, 2.45) is 0 Å². The van der Waals surface area contributed by atoms with Gasteiger partial charge in [0, 0.05) is 12.4 Å². The molecule has 0 saturated heterocycles. The zero-order valence-electron chi connectivity index (χ0n) is 13.4. The minimum Gasteiger partial charge on any atom is -0.422 e. The molecule has 0 spiro atoms. The summed E-state index contributed by atoms with van der Waals surface area (Å²) in [4.78, 5) is 30.8. The number of para-hydroxylation sites is 2. The quantitative estimate of drug-likeness (QED) is 0.529. The molecule has 0 atom stereocenters. The normalized spacial score (nSPS) is 11.1. The largest absolute Gasteiger partial charge is 0.422 e. The van der Waals surface area contributed by atoms with Crippen LogP contribution in [0.4, 0.5) is 0 Å². The van der Waals surface area contributed by atoms with E-state index in [0.717, 1.165) is 20.6 Å². The van der Waals surface area contributed by atoms with Crippen LogP contribution in [0.15, 0.2) is 63.8 Å². The SMILES string of the molecule is CN(Cc1nc2ccccc2s1)C(=O)c1cc2ccccc2oc1=O. The number of carbonyl (C=O) groups is 1. The van der Waals surface area contributed by atoms with Gasteiger partial charge in [0.1, 0.15) is 16.2 Å². The molecule has 2 aromatic heterocycles. The second kappa shape index (κ2) is 6.14. The van der Waals surface area contributed by atoms with Crippen molar-refractivity contribution in [3.8, 4) is 0 Å². The average Bonchev–Trinajstić information content (AvgIpc) is 3.02. The first-order chi connectivity index (χ1) is 12.1. The van der Waals surface area contributed by atoms with Crippen LogP contribution < -0.4 is 5.63 Å². The van der Waals surface area contributed by atoms with Crippen LogP contribution in [0.2, 0.25) is 0 Å². The van der Waals surface area contributed by atoms with Crippen LogP contribution in [0, 0.1) is 0 Å². The minimum atomic E-state index is -0.625. The van der Waals surface area contributed by atoms with Crippen molar-refractivity contribution in [2.45, 2.75) is 6.54 Å². The highest BCUT2D eigenvalue weighted by Gasteiger charge is 2.19. The van der Waals surface area contributed by atoms with Gasteiger partial charge in [0.15, 0.2) is 0 Å². The Balaban J connectivity index is 1.63. The molecule has 0 aliphatic rings. The summed E-state index contributed by atoms with van der Waals surface area (Å²) in [5.74, 6) is -0.376. The van der Waals surface area contributed by atoms with Gasteiger partial charge in [-0.3, -0.25) is 4.79 Å². The maximum atomic E-state index is 12.7. The van der Waals surface area contributed by atoms with Crippen LogP contribution >= 0.6 is 11.3 Å². The van der Waals surface area contributed by atoms with Crippen LogP contribution in [0.1, 0.15) is 15.4 Å². The topological polar surface area (TPSA) is 63.4 Å². The summed E-state index contributed by atoms with van der Waals surface area (Å²) in [7, 11) is 1.66. The molecule has 0 aliphatic heterocycles. The van der Waals surface area contributed by atoms with Gasteiger partial charge in [0.2, 0.25) is 0 Å². The van der Waals surface area contributed by atoms with E-state index >= 15 is 0 Å². The Morgan fingerprint density at radius 3 is 2.76 bits per heavy atom. The standard InChI is InChI=1S/C19H14N2O3S/c1-21(11-17-20-14-7-3-5-9-16(14)25-17)18(22)13-10-12-6-2-4-8-15(12)24-19(13)23/h2-10H,11H2,1H3. The zero-order valence-corrected chi connectivity index (χ0v) is 14.2. The number of fused-ring (bicyclic) bond motifs is 2. The number of nitrogens with zero attached hydrogens (tertiary/aromatic N) is 2. The maximum Gasteiger partial charge on any atom is 0.349 e. The molecule has 5 nitrogen and oxygen atoms in total. The minimum absolute atomic E-state index is 0.0299. The monoisotopic (exact) mass is 350 g/mol. The molecule has 0 aliphatic carbocycles. The fourth-order valence-corrected chi connectivity index (χ4v) is 3.70. The smallest absolute Gasteiger partial charge is 0.349 e. The lowest BCUT2D eigenvalue weighted by Gasteiger charge is -2.15. The molecule has 4 aromatic rings. The molecule has 1 amide bonds. The molecule has 0 fully saturated rings. The van der Waals surface area contributed by atoms with Gasteiger partial charge in [-0.25, -0.2) is 9.78 Å². The molecule has 0 radical (unpaired) electrons. The fourth-order valence-electron chi connectivity index (χ4n) is 2.68. The van der Waals surface area contributed by atoms with Crippen LogP contribution in [-0.2, 0) is 6.54 Å². The number of thiazole rings is 1. The molecular formula is C19H14N2O3S. The van der Waals surface area contributed by atoms with Crippen LogP contribution in [0.25, 0.3) is 21.2 Å². The Kier molecular flexibility index (Phi) is 3.82. The van der Waals surface area contributed by atoms with Gasteiger partial charge in [-0.1, -0.05) is 30.3 Å². The summed E-state index contributed by atoms with van der Waals surface area (Å²) in [5.41, 5.74) is 0.786. The average molecular weight is 350 g/mol. The van der Waals surface area contributed by atoms with Gasteiger partial charge in [-0.2, -0.15) is 0 Å². The van der Waals surface area contributed by atoms with Crippen LogP contribution in [0.3, 0.4) is 0 Å².